The van der Waals surface area contributed by atoms with Gasteiger partial charge < -0.3 is 5.73 Å². The van der Waals surface area contributed by atoms with Gasteiger partial charge in [-0.25, -0.2) is 8.78 Å². The van der Waals surface area contributed by atoms with Crippen molar-refractivity contribution in [3.8, 4) is 0 Å². The summed E-state index contributed by atoms with van der Waals surface area (Å²) in [6, 6.07) is 3.56. The molecule has 0 amide bonds. The third kappa shape index (κ3) is 3.98. The number of benzene rings is 1. The molecule has 4 heteroatoms. The molecule has 2 atom stereocenters. The van der Waals surface area contributed by atoms with Gasteiger partial charge in [-0.3, -0.25) is 4.90 Å². The second-order valence-electron chi connectivity index (χ2n) is 4.99. The van der Waals surface area contributed by atoms with Gasteiger partial charge >= 0.3 is 0 Å². The fraction of sp³-hybridized carbons (Fsp3) is 0.600. The summed E-state index contributed by atoms with van der Waals surface area (Å²) in [4.78, 5) is 2.05. The highest BCUT2D eigenvalue weighted by atomic mass is 19.1. The van der Waals surface area contributed by atoms with Gasteiger partial charge in [0.25, 0.3) is 0 Å². The van der Waals surface area contributed by atoms with Crippen LogP contribution in [0, 0.1) is 17.6 Å². The van der Waals surface area contributed by atoms with Gasteiger partial charge in [-0.05, 0) is 24.6 Å². The highest BCUT2D eigenvalue weighted by Crippen LogP contribution is 2.26. The van der Waals surface area contributed by atoms with Crippen molar-refractivity contribution < 1.29 is 8.78 Å². The molecule has 0 saturated carbocycles. The molecule has 1 aromatic carbocycles. The Morgan fingerprint density at radius 2 is 1.79 bits per heavy atom. The fourth-order valence-electron chi connectivity index (χ4n) is 2.28. The second kappa shape index (κ2) is 7.56. The molecule has 0 heterocycles. The zero-order valence-corrected chi connectivity index (χ0v) is 12.0. The fourth-order valence-corrected chi connectivity index (χ4v) is 2.28. The Hall–Kier alpha value is -1.00. The van der Waals surface area contributed by atoms with Gasteiger partial charge in [0.2, 0.25) is 0 Å². The summed E-state index contributed by atoms with van der Waals surface area (Å²) in [5.41, 5.74) is 5.85. The molecule has 0 aliphatic carbocycles. The molecule has 0 aromatic heterocycles. The minimum absolute atomic E-state index is 0.0927. The molecule has 0 bridgehead atoms. The molecule has 108 valence electrons. The summed E-state index contributed by atoms with van der Waals surface area (Å²) < 4.78 is 27.8. The van der Waals surface area contributed by atoms with Crippen LogP contribution in [0.15, 0.2) is 18.2 Å². The van der Waals surface area contributed by atoms with E-state index in [9.17, 15) is 8.78 Å². The highest BCUT2D eigenvalue weighted by molar-refractivity contribution is 5.23. The zero-order valence-electron chi connectivity index (χ0n) is 12.0. The molecule has 2 unspecified atom stereocenters. The number of rotatable bonds is 7. The van der Waals surface area contributed by atoms with Crippen LogP contribution >= 0.6 is 0 Å². The molecule has 0 aliphatic rings. The maximum absolute atomic E-state index is 13.9. The molecule has 2 N–H and O–H groups in total. The molecule has 19 heavy (non-hydrogen) atoms. The van der Waals surface area contributed by atoms with Gasteiger partial charge in [0.15, 0.2) is 0 Å². The SMILES string of the molecule is CCC(C)CN(CC)C(CN)c1c(F)cccc1F. The molecule has 2 nitrogen and oxygen atoms in total. The largest absolute Gasteiger partial charge is 0.329 e. The molecular weight excluding hydrogens is 246 g/mol. The van der Waals surface area contributed by atoms with Crippen LogP contribution in [-0.4, -0.2) is 24.5 Å². The number of hydrogen-bond acceptors (Lipinski definition) is 2. The predicted octanol–water partition coefficient (Wildman–Crippen LogP) is 3.33. The molecule has 0 fully saturated rings. The van der Waals surface area contributed by atoms with Gasteiger partial charge in [-0.15, -0.1) is 0 Å². The lowest BCUT2D eigenvalue weighted by Crippen LogP contribution is -2.37. The van der Waals surface area contributed by atoms with Crippen LogP contribution < -0.4 is 5.73 Å². The van der Waals surface area contributed by atoms with Crippen molar-refractivity contribution in [2.24, 2.45) is 11.7 Å². The summed E-state index contributed by atoms with van der Waals surface area (Å²) in [7, 11) is 0. The molecule has 0 radical (unpaired) electrons. The van der Waals surface area contributed by atoms with E-state index in [1.165, 1.54) is 18.2 Å². The van der Waals surface area contributed by atoms with Crippen molar-refractivity contribution in [1.82, 2.24) is 4.90 Å². The summed E-state index contributed by atoms with van der Waals surface area (Å²) in [6.07, 6.45) is 1.04. The van der Waals surface area contributed by atoms with E-state index in [-0.39, 0.29) is 12.1 Å². The van der Waals surface area contributed by atoms with Gasteiger partial charge in [0.1, 0.15) is 11.6 Å². The zero-order chi connectivity index (χ0) is 14.4. The quantitative estimate of drug-likeness (QED) is 0.823. The van der Waals surface area contributed by atoms with E-state index in [4.69, 9.17) is 5.73 Å². The monoisotopic (exact) mass is 270 g/mol. The number of nitrogens with two attached hydrogens (primary N) is 1. The first kappa shape index (κ1) is 16.1. The first-order chi connectivity index (χ1) is 9.04. The van der Waals surface area contributed by atoms with Crippen molar-refractivity contribution in [3.63, 3.8) is 0 Å². The first-order valence-electron chi connectivity index (χ1n) is 6.93. The van der Waals surface area contributed by atoms with Crippen LogP contribution in [0.5, 0.6) is 0 Å². The van der Waals surface area contributed by atoms with Gasteiger partial charge in [-0.1, -0.05) is 33.3 Å². The number of nitrogens with zero attached hydrogens (tertiary/aromatic N) is 1. The first-order valence-corrected chi connectivity index (χ1v) is 6.93. The minimum atomic E-state index is -0.516. The average molecular weight is 270 g/mol. The van der Waals surface area contributed by atoms with E-state index in [1.54, 1.807) is 0 Å². The molecule has 0 spiro atoms. The second-order valence-corrected chi connectivity index (χ2v) is 4.99. The lowest BCUT2D eigenvalue weighted by Gasteiger charge is -2.32. The Kier molecular flexibility index (Phi) is 6.38. The summed E-state index contributed by atoms with van der Waals surface area (Å²) in [5.74, 6) is -0.556. The lowest BCUT2D eigenvalue weighted by molar-refractivity contribution is 0.175. The van der Waals surface area contributed by atoms with E-state index in [1.807, 2.05) is 6.92 Å². The Labute approximate surface area is 114 Å². The smallest absolute Gasteiger partial charge is 0.130 e. The third-order valence-electron chi connectivity index (χ3n) is 3.65. The van der Waals surface area contributed by atoms with Crippen LogP contribution in [0.3, 0.4) is 0 Å². The van der Waals surface area contributed by atoms with Crippen LogP contribution in [-0.2, 0) is 0 Å². The van der Waals surface area contributed by atoms with Crippen LogP contribution in [0.4, 0.5) is 8.78 Å². The molecule has 1 aromatic rings. The van der Waals surface area contributed by atoms with E-state index in [2.05, 4.69) is 18.7 Å². The standard InChI is InChI=1S/C15H24F2N2/c1-4-11(3)10-19(5-2)14(9-18)15-12(16)7-6-8-13(15)17/h6-8,11,14H,4-5,9-10,18H2,1-3H3. The Morgan fingerprint density at radius 1 is 1.21 bits per heavy atom. The Balaban J connectivity index is 3.03. The van der Waals surface area contributed by atoms with E-state index in [0.29, 0.717) is 5.92 Å². The summed E-state index contributed by atoms with van der Waals surface area (Å²) >= 11 is 0. The summed E-state index contributed by atoms with van der Waals surface area (Å²) in [5, 5.41) is 0. The van der Waals surface area contributed by atoms with Crippen molar-refractivity contribution in [3.05, 3.63) is 35.4 Å². The van der Waals surface area contributed by atoms with Crippen molar-refractivity contribution in [2.45, 2.75) is 33.2 Å². The van der Waals surface area contributed by atoms with E-state index >= 15 is 0 Å². The number of likely N-dealkylation sites (N-methyl/N-ethyl adjacent to an activating group) is 1. The Bertz CT molecular complexity index is 375. The summed E-state index contributed by atoms with van der Waals surface area (Å²) in [6.45, 7) is 7.96. The average Bonchev–Trinajstić information content (AvgIpc) is 2.40. The molecule has 0 saturated heterocycles. The van der Waals surface area contributed by atoms with Crippen LogP contribution in [0.25, 0.3) is 0 Å². The Morgan fingerprint density at radius 3 is 2.21 bits per heavy atom. The number of halogens is 2. The highest BCUT2D eigenvalue weighted by Gasteiger charge is 2.24. The van der Waals surface area contributed by atoms with E-state index in [0.717, 1.165) is 19.5 Å². The third-order valence-corrected chi connectivity index (χ3v) is 3.65. The number of hydrogen-bond donors (Lipinski definition) is 1. The van der Waals surface area contributed by atoms with Gasteiger partial charge in [0, 0.05) is 18.7 Å². The maximum Gasteiger partial charge on any atom is 0.130 e. The van der Waals surface area contributed by atoms with E-state index < -0.39 is 17.7 Å². The maximum atomic E-state index is 13.9. The van der Waals surface area contributed by atoms with Crippen molar-refractivity contribution in [2.75, 3.05) is 19.6 Å². The minimum Gasteiger partial charge on any atom is -0.329 e. The van der Waals surface area contributed by atoms with Gasteiger partial charge in [-0.2, -0.15) is 0 Å². The normalized spacial score (nSPS) is 14.7. The lowest BCUT2D eigenvalue weighted by atomic mass is 10.0. The molecule has 0 aliphatic heterocycles. The molecular formula is C15H24F2N2. The van der Waals surface area contributed by atoms with Crippen molar-refractivity contribution in [1.29, 1.82) is 0 Å². The molecule has 1 rings (SSSR count). The van der Waals surface area contributed by atoms with Crippen LogP contribution in [0.2, 0.25) is 0 Å². The topological polar surface area (TPSA) is 29.3 Å². The predicted molar refractivity (Wildman–Crippen MR) is 74.9 cm³/mol. The van der Waals surface area contributed by atoms with Gasteiger partial charge in [0.05, 0.1) is 6.04 Å². The van der Waals surface area contributed by atoms with Crippen molar-refractivity contribution >= 4 is 0 Å². The van der Waals surface area contributed by atoms with Crippen LogP contribution in [0.1, 0.15) is 38.8 Å².